The summed E-state index contributed by atoms with van der Waals surface area (Å²) in [6.07, 6.45) is 2.91. The Labute approximate surface area is 116 Å². The first kappa shape index (κ1) is 14.3. The van der Waals surface area contributed by atoms with Crippen LogP contribution in [0.2, 0.25) is 0 Å². The highest BCUT2D eigenvalue weighted by Gasteiger charge is 2.32. The number of nitrogens with zero attached hydrogens (tertiary/aromatic N) is 1. The molecule has 1 aliphatic rings. The number of benzene rings is 1. The number of hydrogen-bond donors (Lipinski definition) is 0. The smallest absolute Gasteiger partial charge is 0.223 e. The van der Waals surface area contributed by atoms with Crippen molar-refractivity contribution in [3.8, 4) is 0 Å². The van der Waals surface area contributed by atoms with Crippen molar-refractivity contribution >= 4 is 17.5 Å². The van der Waals surface area contributed by atoms with Gasteiger partial charge in [0.1, 0.15) is 11.6 Å². The summed E-state index contributed by atoms with van der Waals surface area (Å²) in [7, 11) is 0. The zero-order chi connectivity index (χ0) is 13.8. The lowest BCUT2D eigenvalue weighted by atomic mass is 10.1. The third kappa shape index (κ3) is 3.90. The van der Waals surface area contributed by atoms with E-state index in [-0.39, 0.29) is 18.5 Å². The third-order valence-corrected chi connectivity index (χ3v) is 3.46. The van der Waals surface area contributed by atoms with Gasteiger partial charge in [0.25, 0.3) is 0 Å². The normalized spacial score (nSPS) is 14.5. The largest absolute Gasteiger partial charge is 0.335 e. The van der Waals surface area contributed by atoms with E-state index in [1.807, 2.05) is 0 Å². The van der Waals surface area contributed by atoms with E-state index in [1.165, 1.54) is 12.1 Å². The van der Waals surface area contributed by atoms with Gasteiger partial charge in [0, 0.05) is 36.5 Å². The minimum atomic E-state index is -0.604. The monoisotopic (exact) mass is 287 g/mol. The number of hydrogen-bond acceptors (Lipinski definition) is 1. The van der Waals surface area contributed by atoms with E-state index in [4.69, 9.17) is 11.6 Å². The molecule has 2 rings (SSSR count). The standard InChI is InChI=1S/C14H16ClF2NO/c15-7-1-2-14(19)18(12-5-6-12)9-10-3-4-11(16)8-13(10)17/h3-4,8,12H,1-2,5-7,9H2. The Morgan fingerprint density at radius 3 is 2.68 bits per heavy atom. The number of halogens is 3. The van der Waals surface area contributed by atoms with Crippen LogP contribution in [0.4, 0.5) is 8.78 Å². The zero-order valence-corrected chi connectivity index (χ0v) is 11.3. The molecule has 0 radical (unpaired) electrons. The van der Waals surface area contributed by atoms with Gasteiger partial charge >= 0.3 is 0 Å². The van der Waals surface area contributed by atoms with Crippen molar-refractivity contribution in [3.63, 3.8) is 0 Å². The van der Waals surface area contributed by atoms with Crippen LogP contribution in [0.3, 0.4) is 0 Å². The average Bonchev–Trinajstić information content (AvgIpc) is 3.19. The second kappa shape index (κ2) is 6.33. The van der Waals surface area contributed by atoms with Crippen molar-refractivity contribution in [2.24, 2.45) is 0 Å². The van der Waals surface area contributed by atoms with E-state index in [9.17, 15) is 13.6 Å². The van der Waals surface area contributed by atoms with Crippen LogP contribution in [0.25, 0.3) is 0 Å². The Balaban J connectivity index is 2.06. The van der Waals surface area contributed by atoms with Gasteiger partial charge in [-0.15, -0.1) is 11.6 Å². The highest BCUT2D eigenvalue weighted by Crippen LogP contribution is 2.29. The summed E-state index contributed by atoms with van der Waals surface area (Å²) >= 11 is 5.58. The Kier molecular flexibility index (Phi) is 4.75. The predicted octanol–water partition coefficient (Wildman–Crippen LogP) is 3.47. The Bertz CT molecular complexity index is 463. The summed E-state index contributed by atoms with van der Waals surface area (Å²) in [5.41, 5.74) is 0.354. The molecule has 0 heterocycles. The molecule has 0 bridgehead atoms. The fraction of sp³-hybridized carbons (Fsp3) is 0.500. The van der Waals surface area contributed by atoms with Crippen molar-refractivity contribution in [2.45, 2.75) is 38.3 Å². The van der Waals surface area contributed by atoms with Crippen LogP contribution in [-0.2, 0) is 11.3 Å². The Hall–Kier alpha value is -1.16. The molecule has 1 aliphatic carbocycles. The summed E-state index contributed by atoms with van der Waals surface area (Å²) < 4.78 is 26.5. The summed E-state index contributed by atoms with van der Waals surface area (Å²) in [6, 6.07) is 3.66. The molecule has 104 valence electrons. The highest BCUT2D eigenvalue weighted by atomic mass is 35.5. The highest BCUT2D eigenvalue weighted by molar-refractivity contribution is 6.17. The summed E-state index contributed by atoms with van der Waals surface area (Å²) in [5.74, 6) is -0.773. The number of amides is 1. The van der Waals surface area contributed by atoms with E-state index < -0.39 is 11.6 Å². The molecule has 1 aromatic carbocycles. The van der Waals surface area contributed by atoms with Crippen LogP contribution < -0.4 is 0 Å². The topological polar surface area (TPSA) is 20.3 Å². The lowest BCUT2D eigenvalue weighted by molar-refractivity contribution is -0.132. The second-order valence-corrected chi connectivity index (χ2v) is 5.16. The second-order valence-electron chi connectivity index (χ2n) is 4.78. The fourth-order valence-electron chi connectivity index (χ4n) is 2.00. The van der Waals surface area contributed by atoms with Gasteiger partial charge in [-0.3, -0.25) is 4.79 Å². The molecule has 5 heteroatoms. The minimum Gasteiger partial charge on any atom is -0.335 e. The van der Waals surface area contributed by atoms with Gasteiger partial charge in [-0.05, 0) is 25.3 Å². The maximum Gasteiger partial charge on any atom is 0.223 e. The third-order valence-electron chi connectivity index (χ3n) is 3.19. The lowest BCUT2D eigenvalue weighted by Gasteiger charge is -2.22. The average molecular weight is 288 g/mol. The van der Waals surface area contributed by atoms with Crippen molar-refractivity contribution in [2.75, 3.05) is 5.88 Å². The summed E-state index contributed by atoms with van der Waals surface area (Å²) in [6.45, 7) is 0.206. The zero-order valence-electron chi connectivity index (χ0n) is 10.5. The molecule has 0 spiro atoms. The van der Waals surface area contributed by atoms with Crippen LogP contribution in [0, 0.1) is 11.6 Å². The number of rotatable bonds is 6. The molecule has 0 atom stereocenters. The molecule has 2 nitrogen and oxygen atoms in total. The fourth-order valence-corrected chi connectivity index (χ4v) is 2.14. The van der Waals surface area contributed by atoms with Crippen molar-refractivity contribution in [1.29, 1.82) is 0 Å². The van der Waals surface area contributed by atoms with Gasteiger partial charge < -0.3 is 4.90 Å². The Morgan fingerprint density at radius 2 is 2.11 bits per heavy atom. The first-order chi connectivity index (χ1) is 9.11. The molecule has 0 saturated heterocycles. The van der Waals surface area contributed by atoms with E-state index in [0.717, 1.165) is 18.9 Å². The van der Waals surface area contributed by atoms with E-state index >= 15 is 0 Å². The van der Waals surface area contributed by atoms with Crippen LogP contribution in [0.1, 0.15) is 31.2 Å². The molecule has 0 aliphatic heterocycles. The maximum atomic E-state index is 13.6. The van der Waals surface area contributed by atoms with Crippen molar-refractivity contribution in [3.05, 3.63) is 35.4 Å². The number of carbonyl (C=O) groups excluding carboxylic acids is 1. The van der Waals surface area contributed by atoms with Gasteiger partial charge in [0.2, 0.25) is 5.91 Å². The van der Waals surface area contributed by atoms with Crippen LogP contribution >= 0.6 is 11.6 Å². The molecular formula is C14H16ClF2NO. The SMILES string of the molecule is O=C(CCCCl)N(Cc1ccc(F)cc1F)C1CC1. The molecule has 0 aromatic heterocycles. The first-order valence-corrected chi connectivity index (χ1v) is 6.94. The van der Waals surface area contributed by atoms with Gasteiger partial charge in [-0.25, -0.2) is 8.78 Å². The molecule has 1 aromatic rings. The molecule has 1 amide bonds. The number of carbonyl (C=O) groups is 1. The maximum absolute atomic E-state index is 13.6. The predicted molar refractivity (Wildman–Crippen MR) is 69.9 cm³/mol. The summed E-state index contributed by atoms with van der Waals surface area (Å²) in [5, 5.41) is 0. The van der Waals surface area contributed by atoms with E-state index in [2.05, 4.69) is 0 Å². The quantitative estimate of drug-likeness (QED) is 0.734. The van der Waals surface area contributed by atoms with Crippen LogP contribution in [-0.4, -0.2) is 22.7 Å². The van der Waals surface area contributed by atoms with Gasteiger partial charge in [-0.2, -0.15) is 0 Å². The Morgan fingerprint density at radius 1 is 1.37 bits per heavy atom. The number of alkyl halides is 1. The van der Waals surface area contributed by atoms with Crippen molar-refractivity contribution in [1.82, 2.24) is 4.90 Å². The molecule has 0 N–H and O–H groups in total. The van der Waals surface area contributed by atoms with Gasteiger partial charge in [-0.1, -0.05) is 6.07 Å². The molecule has 1 saturated carbocycles. The van der Waals surface area contributed by atoms with Gasteiger partial charge in [0.05, 0.1) is 0 Å². The molecule has 19 heavy (non-hydrogen) atoms. The molecule has 0 unspecified atom stereocenters. The van der Waals surface area contributed by atoms with Crippen LogP contribution in [0.15, 0.2) is 18.2 Å². The summed E-state index contributed by atoms with van der Waals surface area (Å²) in [4.78, 5) is 13.7. The lowest BCUT2D eigenvalue weighted by Crippen LogP contribution is -2.32. The van der Waals surface area contributed by atoms with Crippen molar-refractivity contribution < 1.29 is 13.6 Å². The minimum absolute atomic E-state index is 0.00752. The van der Waals surface area contributed by atoms with Crippen LogP contribution in [0.5, 0.6) is 0 Å². The first-order valence-electron chi connectivity index (χ1n) is 6.41. The molecular weight excluding hydrogens is 272 g/mol. The van der Waals surface area contributed by atoms with E-state index in [1.54, 1.807) is 4.90 Å². The van der Waals surface area contributed by atoms with Gasteiger partial charge in [0.15, 0.2) is 0 Å². The van der Waals surface area contributed by atoms with E-state index in [0.29, 0.717) is 24.3 Å². The molecule has 1 fully saturated rings.